The highest BCUT2D eigenvalue weighted by Gasteiger charge is 2.29. The maximum atomic E-state index is 13.0. The number of carbonyl (C=O) groups is 2. The average Bonchev–Trinajstić information content (AvgIpc) is 2.75. The Hall–Kier alpha value is -2.57. The molecule has 2 aromatic rings. The van der Waals surface area contributed by atoms with Gasteiger partial charge >= 0.3 is 5.97 Å². The van der Waals surface area contributed by atoms with E-state index < -0.39 is 5.97 Å². The molecule has 2 N–H and O–H groups in total. The van der Waals surface area contributed by atoms with Crippen molar-refractivity contribution in [2.45, 2.75) is 45.2 Å². The summed E-state index contributed by atoms with van der Waals surface area (Å²) in [6, 6.07) is 14.2. The van der Waals surface area contributed by atoms with Gasteiger partial charge in [-0.05, 0) is 62.6 Å². The summed E-state index contributed by atoms with van der Waals surface area (Å²) >= 11 is 0. The number of para-hydroxylation sites is 1. The molecule has 1 fully saturated rings. The molecule has 1 aliphatic rings. The van der Waals surface area contributed by atoms with Crippen molar-refractivity contribution in [3.05, 3.63) is 65.2 Å². The fourth-order valence-corrected chi connectivity index (χ4v) is 3.85. The van der Waals surface area contributed by atoms with Crippen LogP contribution in [0.25, 0.3) is 0 Å². The summed E-state index contributed by atoms with van der Waals surface area (Å²) in [6.07, 6.45) is 2.95. The van der Waals surface area contributed by atoms with E-state index in [1.165, 1.54) is 0 Å². The molecule has 1 saturated heterocycles. The van der Waals surface area contributed by atoms with Crippen molar-refractivity contribution >= 4 is 24.3 Å². The maximum Gasteiger partial charge on any atom is 0.335 e. The number of hydrogen-bond acceptors (Lipinski definition) is 4. The van der Waals surface area contributed by atoms with Gasteiger partial charge in [-0.2, -0.15) is 0 Å². The van der Waals surface area contributed by atoms with E-state index in [-0.39, 0.29) is 36.0 Å². The summed E-state index contributed by atoms with van der Waals surface area (Å²) in [7, 11) is 0. The number of aromatic carboxylic acids is 1. The van der Waals surface area contributed by atoms with Crippen LogP contribution in [0, 0.1) is 6.92 Å². The number of nitrogens with one attached hydrogen (secondary N) is 1. The van der Waals surface area contributed by atoms with E-state index in [1.807, 2.05) is 38.1 Å². The number of carbonyl (C=O) groups excluding carboxylic acids is 1. The van der Waals surface area contributed by atoms with Gasteiger partial charge in [-0.15, -0.1) is 12.4 Å². The zero-order valence-electron chi connectivity index (χ0n) is 18.0. The number of benzene rings is 2. The minimum atomic E-state index is -0.955. The number of ether oxygens (including phenoxy) is 1. The summed E-state index contributed by atoms with van der Waals surface area (Å²) in [5.74, 6) is -0.0571. The van der Waals surface area contributed by atoms with Crippen molar-refractivity contribution < 1.29 is 19.4 Å². The van der Waals surface area contributed by atoms with Gasteiger partial charge in [0.05, 0.1) is 17.6 Å². The fourth-order valence-electron chi connectivity index (χ4n) is 3.85. The second kappa shape index (κ2) is 11.7. The van der Waals surface area contributed by atoms with Gasteiger partial charge in [0.15, 0.2) is 0 Å². The molecule has 0 radical (unpaired) electrons. The number of amides is 1. The molecule has 0 saturated carbocycles. The SMILES string of the molecule is Cc1ccccc1OCCN1CCCC[C@@H]1C(=O)N[C@@H](C)c1ccc(C(=O)O)cc1.Cl. The third kappa shape index (κ3) is 6.71. The lowest BCUT2D eigenvalue weighted by Gasteiger charge is -2.35. The number of nitrogens with zero attached hydrogens (tertiary/aromatic N) is 1. The predicted molar refractivity (Wildman–Crippen MR) is 123 cm³/mol. The van der Waals surface area contributed by atoms with E-state index in [2.05, 4.69) is 10.2 Å². The molecule has 0 unspecified atom stereocenters. The first-order valence-electron chi connectivity index (χ1n) is 10.5. The zero-order valence-corrected chi connectivity index (χ0v) is 18.9. The molecule has 0 aromatic heterocycles. The van der Waals surface area contributed by atoms with Gasteiger partial charge in [0.2, 0.25) is 5.91 Å². The highest BCUT2D eigenvalue weighted by Crippen LogP contribution is 2.21. The van der Waals surface area contributed by atoms with Crippen LogP contribution in [0.2, 0.25) is 0 Å². The smallest absolute Gasteiger partial charge is 0.335 e. The van der Waals surface area contributed by atoms with Crippen LogP contribution >= 0.6 is 12.4 Å². The van der Waals surface area contributed by atoms with E-state index in [4.69, 9.17) is 9.84 Å². The van der Waals surface area contributed by atoms with Crippen LogP contribution in [-0.4, -0.2) is 47.6 Å². The molecule has 7 heteroatoms. The number of hydrogen-bond donors (Lipinski definition) is 2. The lowest BCUT2D eigenvalue weighted by atomic mass is 10.00. The third-order valence-corrected chi connectivity index (χ3v) is 5.66. The highest BCUT2D eigenvalue weighted by molar-refractivity contribution is 5.87. The number of carboxylic acids is 1. The molecule has 0 spiro atoms. The zero-order chi connectivity index (χ0) is 21.5. The summed E-state index contributed by atoms with van der Waals surface area (Å²) in [5, 5.41) is 12.1. The molecule has 1 amide bonds. The van der Waals surface area contributed by atoms with Crippen LogP contribution in [0.1, 0.15) is 53.7 Å². The molecule has 1 heterocycles. The number of halogens is 1. The lowest BCUT2D eigenvalue weighted by molar-refractivity contribution is -0.128. The van der Waals surface area contributed by atoms with E-state index in [9.17, 15) is 9.59 Å². The minimum absolute atomic E-state index is 0. The molecule has 6 nitrogen and oxygen atoms in total. The Balaban J connectivity index is 0.00000341. The van der Waals surface area contributed by atoms with Gasteiger partial charge in [0.25, 0.3) is 0 Å². The second-order valence-corrected chi connectivity index (χ2v) is 7.82. The molecule has 2 atom stereocenters. The minimum Gasteiger partial charge on any atom is -0.492 e. The summed E-state index contributed by atoms with van der Waals surface area (Å²) < 4.78 is 5.93. The molecule has 0 aliphatic carbocycles. The number of aryl methyl sites for hydroxylation is 1. The van der Waals surface area contributed by atoms with Gasteiger partial charge in [-0.1, -0.05) is 36.8 Å². The molecule has 0 bridgehead atoms. The molecule has 2 aromatic carbocycles. The predicted octanol–water partition coefficient (Wildman–Crippen LogP) is 4.23. The maximum absolute atomic E-state index is 13.0. The van der Waals surface area contributed by atoms with Gasteiger partial charge in [0, 0.05) is 6.54 Å². The number of rotatable bonds is 8. The number of likely N-dealkylation sites (tertiary alicyclic amines) is 1. The van der Waals surface area contributed by atoms with E-state index in [0.29, 0.717) is 13.2 Å². The van der Waals surface area contributed by atoms with Crippen molar-refractivity contribution in [3.63, 3.8) is 0 Å². The quantitative estimate of drug-likeness (QED) is 0.634. The first-order chi connectivity index (χ1) is 14.5. The molecule has 1 aliphatic heterocycles. The van der Waals surface area contributed by atoms with Crippen LogP contribution < -0.4 is 10.1 Å². The van der Waals surface area contributed by atoms with E-state index in [1.54, 1.807) is 24.3 Å². The van der Waals surface area contributed by atoms with Crippen molar-refractivity contribution in [2.24, 2.45) is 0 Å². The topological polar surface area (TPSA) is 78.9 Å². The lowest BCUT2D eigenvalue weighted by Crippen LogP contribution is -2.51. The largest absolute Gasteiger partial charge is 0.492 e. The van der Waals surface area contributed by atoms with Crippen LogP contribution in [0.3, 0.4) is 0 Å². The molecular weight excluding hydrogens is 416 g/mol. The molecule has 31 heavy (non-hydrogen) atoms. The van der Waals surface area contributed by atoms with Crippen LogP contribution in [0.4, 0.5) is 0 Å². The van der Waals surface area contributed by atoms with Crippen LogP contribution in [0.5, 0.6) is 5.75 Å². The Labute approximate surface area is 190 Å². The first kappa shape index (κ1) is 24.7. The monoisotopic (exact) mass is 446 g/mol. The van der Waals surface area contributed by atoms with Crippen LogP contribution in [-0.2, 0) is 4.79 Å². The van der Waals surface area contributed by atoms with Crippen molar-refractivity contribution in [1.82, 2.24) is 10.2 Å². The summed E-state index contributed by atoms with van der Waals surface area (Å²) in [4.78, 5) is 26.2. The van der Waals surface area contributed by atoms with Crippen molar-refractivity contribution in [3.8, 4) is 5.75 Å². The average molecular weight is 447 g/mol. The summed E-state index contributed by atoms with van der Waals surface area (Å²) in [5.41, 5.74) is 2.23. The molecule has 3 rings (SSSR count). The van der Waals surface area contributed by atoms with E-state index in [0.717, 1.165) is 42.7 Å². The normalized spacial score (nSPS) is 17.3. The van der Waals surface area contributed by atoms with Crippen LogP contribution in [0.15, 0.2) is 48.5 Å². The molecule has 168 valence electrons. The Bertz CT molecular complexity index is 872. The van der Waals surface area contributed by atoms with E-state index >= 15 is 0 Å². The summed E-state index contributed by atoms with van der Waals surface area (Å²) in [6.45, 7) is 6.07. The Kier molecular flexibility index (Phi) is 9.34. The Morgan fingerprint density at radius 2 is 1.87 bits per heavy atom. The Morgan fingerprint density at radius 3 is 2.55 bits per heavy atom. The number of piperidine rings is 1. The van der Waals surface area contributed by atoms with Gasteiger partial charge in [-0.3, -0.25) is 9.69 Å². The van der Waals surface area contributed by atoms with Gasteiger partial charge in [0.1, 0.15) is 12.4 Å². The second-order valence-electron chi connectivity index (χ2n) is 7.82. The first-order valence-corrected chi connectivity index (χ1v) is 10.5. The highest BCUT2D eigenvalue weighted by atomic mass is 35.5. The van der Waals surface area contributed by atoms with Gasteiger partial charge in [-0.25, -0.2) is 4.79 Å². The Morgan fingerprint density at radius 1 is 1.16 bits per heavy atom. The molecular formula is C24H31ClN2O4. The number of carboxylic acid groups (broad SMARTS) is 1. The van der Waals surface area contributed by atoms with Crippen molar-refractivity contribution in [2.75, 3.05) is 19.7 Å². The van der Waals surface area contributed by atoms with Crippen molar-refractivity contribution in [1.29, 1.82) is 0 Å². The van der Waals surface area contributed by atoms with Gasteiger partial charge < -0.3 is 15.2 Å². The third-order valence-electron chi connectivity index (χ3n) is 5.66. The standard InChI is InChI=1S/C24H30N2O4.ClH/c1-17-7-3-4-9-22(17)30-16-15-26-14-6-5-8-21(26)23(27)25-18(2)19-10-12-20(13-11-19)24(28)29;/h3-4,7,9-13,18,21H,5-6,8,14-16H2,1-2H3,(H,25,27)(H,28,29);1H/t18-,21+;/m0./s1. The fraction of sp³-hybridized carbons (Fsp3) is 0.417.